The Balaban J connectivity index is 3.25. The highest BCUT2D eigenvalue weighted by Gasteiger charge is 2.01. The van der Waals surface area contributed by atoms with Gasteiger partial charge in [0, 0.05) is 6.42 Å². The van der Waals surface area contributed by atoms with Crippen LogP contribution in [0.4, 0.5) is 0 Å². The Morgan fingerprint density at radius 3 is 2.13 bits per heavy atom. The molecular weight excluding hydrogens is 288 g/mol. The van der Waals surface area contributed by atoms with Gasteiger partial charge in [0.1, 0.15) is 0 Å². The quantitative estimate of drug-likeness (QED) is 0.260. The van der Waals surface area contributed by atoms with E-state index >= 15 is 0 Å². The Labute approximate surface area is 143 Å². The summed E-state index contributed by atoms with van der Waals surface area (Å²) in [6.07, 6.45) is 20.2. The van der Waals surface area contributed by atoms with E-state index in [9.17, 15) is 9.90 Å². The van der Waals surface area contributed by atoms with Gasteiger partial charge >= 0.3 is 5.97 Å². The van der Waals surface area contributed by atoms with Crippen molar-refractivity contribution >= 4 is 5.97 Å². The van der Waals surface area contributed by atoms with E-state index in [-0.39, 0.29) is 6.10 Å². The summed E-state index contributed by atoms with van der Waals surface area (Å²) in [7, 11) is 0. The minimum atomic E-state index is -0.686. The normalized spacial score (nSPS) is 12.8. The van der Waals surface area contributed by atoms with Gasteiger partial charge in [-0.2, -0.15) is 0 Å². The predicted molar refractivity (Wildman–Crippen MR) is 97.7 cm³/mol. The maximum atomic E-state index is 10.4. The first-order valence-corrected chi connectivity index (χ1v) is 9.71. The van der Waals surface area contributed by atoms with Crippen LogP contribution >= 0.6 is 0 Å². The lowest BCUT2D eigenvalue weighted by molar-refractivity contribution is -0.137. The molecule has 0 radical (unpaired) electrons. The molecule has 1 unspecified atom stereocenters. The number of carboxylic acids is 1. The minimum Gasteiger partial charge on any atom is -0.481 e. The Bertz CT molecular complexity index is 287. The van der Waals surface area contributed by atoms with Crippen LogP contribution in [0.1, 0.15) is 103 Å². The average molecular weight is 327 g/mol. The second-order valence-corrected chi connectivity index (χ2v) is 6.62. The maximum Gasteiger partial charge on any atom is 0.303 e. The van der Waals surface area contributed by atoms with Crippen molar-refractivity contribution in [3.63, 3.8) is 0 Å². The molecule has 0 aliphatic carbocycles. The van der Waals surface area contributed by atoms with Gasteiger partial charge in [-0.3, -0.25) is 4.79 Å². The van der Waals surface area contributed by atoms with Crippen LogP contribution in [0.5, 0.6) is 0 Å². The summed E-state index contributed by atoms with van der Waals surface area (Å²) >= 11 is 0. The zero-order valence-electron chi connectivity index (χ0n) is 15.1. The molecule has 0 aromatic carbocycles. The monoisotopic (exact) mass is 326 g/mol. The Kier molecular flexibility index (Phi) is 16.9. The third-order valence-electron chi connectivity index (χ3n) is 4.23. The largest absolute Gasteiger partial charge is 0.481 e. The fraction of sp³-hybridized carbons (Fsp3) is 0.850. The van der Waals surface area contributed by atoms with Gasteiger partial charge in [0.15, 0.2) is 0 Å². The summed E-state index contributed by atoms with van der Waals surface area (Å²) in [5, 5.41) is 18.4. The highest BCUT2D eigenvalue weighted by molar-refractivity contribution is 5.66. The molecule has 0 heterocycles. The third kappa shape index (κ3) is 19.1. The first kappa shape index (κ1) is 22.2. The lowest BCUT2D eigenvalue weighted by Gasteiger charge is -2.07. The molecule has 0 aliphatic rings. The predicted octanol–water partition coefficient (Wildman–Crippen LogP) is 5.86. The van der Waals surface area contributed by atoms with Crippen LogP contribution in [0.15, 0.2) is 12.2 Å². The van der Waals surface area contributed by atoms with Gasteiger partial charge in [0.05, 0.1) is 6.10 Å². The van der Waals surface area contributed by atoms with Crippen LogP contribution in [0.25, 0.3) is 0 Å². The van der Waals surface area contributed by atoms with E-state index in [4.69, 9.17) is 5.11 Å². The summed E-state index contributed by atoms with van der Waals surface area (Å²) in [4.78, 5) is 10.4. The lowest BCUT2D eigenvalue weighted by atomic mass is 10.0. The SMILES string of the molecule is CCCCCCC=CCC(O)CCCCCCCCCC(=O)O. The van der Waals surface area contributed by atoms with Gasteiger partial charge in [0.25, 0.3) is 0 Å². The summed E-state index contributed by atoms with van der Waals surface area (Å²) in [5.41, 5.74) is 0. The van der Waals surface area contributed by atoms with Crippen molar-refractivity contribution < 1.29 is 15.0 Å². The van der Waals surface area contributed by atoms with Crippen molar-refractivity contribution in [1.29, 1.82) is 0 Å². The number of rotatable bonds is 17. The minimum absolute atomic E-state index is 0.183. The zero-order chi connectivity index (χ0) is 17.2. The van der Waals surface area contributed by atoms with E-state index in [0.29, 0.717) is 6.42 Å². The number of unbranched alkanes of at least 4 members (excludes halogenated alkanes) is 10. The molecule has 0 aromatic rings. The molecule has 0 fully saturated rings. The van der Waals surface area contributed by atoms with Gasteiger partial charge < -0.3 is 10.2 Å². The van der Waals surface area contributed by atoms with Crippen LogP contribution in [0.2, 0.25) is 0 Å². The highest BCUT2D eigenvalue weighted by atomic mass is 16.4. The number of carboxylic acid groups (broad SMARTS) is 1. The molecule has 136 valence electrons. The lowest BCUT2D eigenvalue weighted by Crippen LogP contribution is -2.04. The molecule has 23 heavy (non-hydrogen) atoms. The van der Waals surface area contributed by atoms with Crippen LogP contribution in [-0.4, -0.2) is 22.3 Å². The van der Waals surface area contributed by atoms with Gasteiger partial charge in [-0.25, -0.2) is 0 Å². The van der Waals surface area contributed by atoms with Crippen LogP contribution < -0.4 is 0 Å². The van der Waals surface area contributed by atoms with E-state index in [2.05, 4.69) is 19.1 Å². The maximum absolute atomic E-state index is 10.4. The van der Waals surface area contributed by atoms with Crippen molar-refractivity contribution in [3.05, 3.63) is 12.2 Å². The Morgan fingerprint density at radius 2 is 1.48 bits per heavy atom. The van der Waals surface area contributed by atoms with E-state index in [1.807, 2.05) is 0 Å². The standard InChI is InChI=1S/C20H38O3/c1-2-3-4-5-7-10-13-16-19(21)17-14-11-8-6-9-12-15-18-20(22)23/h10,13,19,21H,2-9,11-12,14-18H2,1H3,(H,22,23). The summed E-state index contributed by atoms with van der Waals surface area (Å²) < 4.78 is 0. The zero-order valence-corrected chi connectivity index (χ0v) is 15.1. The molecule has 0 spiro atoms. The summed E-state index contributed by atoms with van der Waals surface area (Å²) in [5.74, 6) is -0.686. The van der Waals surface area contributed by atoms with Crippen LogP contribution in [0.3, 0.4) is 0 Å². The summed E-state index contributed by atoms with van der Waals surface area (Å²) in [6.45, 7) is 2.23. The summed E-state index contributed by atoms with van der Waals surface area (Å²) in [6, 6.07) is 0. The number of aliphatic hydroxyl groups excluding tert-OH is 1. The van der Waals surface area contributed by atoms with E-state index < -0.39 is 5.97 Å². The number of aliphatic carboxylic acids is 1. The van der Waals surface area contributed by atoms with Crippen molar-refractivity contribution in [2.24, 2.45) is 0 Å². The number of aliphatic hydroxyl groups is 1. The first-order chi connectivity index (χ1) is 11.2. The van der Waals surface area contributed by atoms with Crippen molar-refractivity contribution in [2.75, 3.05) is 0 Å². The molecular formula is C20H38O3. The molecule has 3 nitrogen and oxygen atoms in total. The van der Waals surface area contributed by atoms with Gasteiger partial charge in [-0.05, 0) is 32.1 Å². The molecule has 0 aromatic heterocycles. The molecule has 1 atom stereocenters. The molecule has 3 heteroatoms. The van der Waals surface area contributed by atoms with Gasteiger partial charge in [0.2, 0.25) is 0 Å². The molecule has 0 rings (SSSR count). The average Bonchev–Trinajstić information content (AvgIpc) is 2.52. The smallest absolute Gasteiger partial charge is 0.303 e. The van der Waals surface area contributed by atoms with E-state index in [1.165, 1.54) is 44.9 Å². The number of allylic oxidation sites excluding steroid dienone is 1. The first-order valence-electron chi connectivity index (χ1n) is 9.71. The number of carbonyl (C=O) groups is 1. The second kappa shape index (κ2) is 17.5. The second-order valence-electron chi connectivity index (χ2n) is 6.62. The number of hydrogen-bond donors (Lipinski definition) is 2. The molecule has 0 amide bonds. The van der Waals surface area contributed by atoms with Crippen LogP contribution in [0, 0.1) is 0 Å². The van der Waals surface area contributed by atoms with E-state index in [1.54, 1.807) is 0 Å². The van der Waals surface area contributed by atoms with Crippen molar-refractivity contribution in [1.82, 2.24) is 0 Å². The number of hydrogen-bond acceptors (Lipinski definition) is 2. The Hall–Kier alpha value is -0.830. The molecule has 0 aliphatic heterocycles. The van der Waals surface area contributed by atoms with Gasteiger partial charge in [-0.15, -0.1) is 0 Å². The Morgan fingerprint density at radius 1 is 0.870 bits per heavy atom. The van der Waals surface area contributed by atoms with Crippen molar-refractivity contribution in [2.45, 2.75) is 109 Å². The third-order valence-corrected chi connectivity index (χ3v) is 4.23. The fourth-order valence-electron chi connectivity index (χ4n) is 2.72. The molecule has 2 N–H and O–H groups in total. The highest BCUT2D eigenvalue weighted by Crippen LogP contribution is 2.12. The topological polar surface area (TPSA) is 57.5 Å². The van der Waals surface area contributed by atoms with E-state index in [0.717, 1.165) is 44.9 Å². The van der Waals surface area contributed by atoms with Crippen LogP contribution in [-0.2, 0) is 4.79 Å². The van der Waals surface area contributed by atoms with Crippen molar-refractivity contribution in [3.8, 4) is 0 Å². The molecule has 0 bridgehead atoms. The molecule has 0 saturated heterocycles. The fourth-order valence-corrected chi connectivity index (χ4v) is 2.72. The van der Waals surface area contributed by atoms with Gasteiger partial charge in [-0.1, -0.05) is 76.9 Å². The molecule has 0 saturated carbocycles.